The minimum absolute atomic E-state index is 0.191. The largest absolute Gasteiger partial charge is 0.494 e. The van der Waals surface area contributed by atoms with Crippen molar-refractivity contribution < 1.29 is 19.1 Å². The van der Waals surface area contributed by atoms with E-state index in [1.807, 2.05) is 43.3 Å². The first kappa shape index (κ1) is 27.5. The number of amides is 1. The Bertz CT molecular complexity index is 1310. The van der Waals surface area contributed by atoms with Gasteiger partial charge in [0.1, 0.15) is 17.9 Å². The highest BCUT2D eigenvalue weighted by molar-refractivity contribution is 9.10. The van der Waals surface area contributed by atoms with Crippen LogP contribution in [0.25, 0.3) is 10.9 Å². The van der Waals surface area contributed by atoms with Crippen LogP contribution in [0.1, 0.15) is 6.92 Å². The molecule has 2 aromatic carbocycles. The van der Waals surface area contributed by atoms with Gasteiger partial charge in [0.05, 0.1) is 31.5 Å². The quantitative estimate of drug-likeness (QED) is 0.272. The van der Waals surface area contributed by atoms with Crippen molar-refractivity contribution in [1.29, 1.82) is 0 Å². The molecule has 1 amide bonds. The van der Waals surface area contributed by atoms with E-state index in [2.05, 4.69) is 46.3 Å². The molecule has 1 saturated heterocycles. The summed E-state index contributed by atoms with van der Waals surface area (Å²) in [6, 6.07) is 11.4. The third-order valence-electron chi connectivity index (χ3n) is 6.06. The molecule has 1 aliphatic rings. The van der Waals surface area contributed by atoms with E-state index in [1.54, 1.807) is 13.2 Å². The number of benzene rings is 2. The summed E-state index contributed by atoms with van der Waals surface area (Å²) in [6.45, 7) is 6.37. The summed E-state index contributed by atoms with van der Waals surface area (Å²) >= 11 is 3.48. The predicted molar refractivity (Wildman–Crippen MR) is 151 cm³/mol. The highest BCUT2D eigenvalue weighted by Crippen LogP contribution is 2.33. The Morgan fingerprint density at radius 3 is 2.63 bits per heavy atom. The van der Waals surface area contributed by atoms with Gasteiger partial charge < -0.3 is 20.1 Å². The smallest absolute Gasteiger partial charge is 0.320 e. The van der Waals surface area contributed by atoms with Crippen LogP contribution in [0.4, 0.5) is 17.2 Å². The van der Waals surface area contributed by atoms with Gasteiger partial charge in [0.25, 0.3) is 0 Å². The van der Waals surface area contributed by atoms with Gasteiger partial charge in [0.15, 0.2) is 0 Å². The lowest BCUT2D eigenvalue weighted by atomic mass is 10.1. The molecule has 0 aliphatic carbocycles. The van der Waals surface area contributed by atoms with Crippen molar-refractivity contribution in [3.63, 3.8) is 0 Å². The molecule has 0 unspecified atom stereocenters. The molecule has 38 heavy (non-hydrogen) atoms. The van der Waals surface area contributed by atoms with Gasteiger partial charge in [0, 0.05) is 60.4 Å². The third-order valence-corrected chi connectivity index (χ3v) is 6.55. The van der Waals surface area contributed by atoms with Crippen molar-refractivity contribution >= 4 is 55.9 Å². The highest BCUT2D eigenvalue weighted by atomic mass is 79.9. The highest BCUT2D eigenvalue weighted by Gasteiger charge is 2.19. The number of anilines is 3. The molecule has 1 fully saturated rings. The molecule has 0 atom stereocenters. The zero-order chi connectivity index (χ0) is 26.9. The second-order valence-electron chi connectivity index (χ2n) is 8.70. The molecule has 0 spiro atoms. The van der Waals surface area contributed by atoms with E-state index in [0.717, 1.165) is 41.7 Å². The summed E-state index contributed by atoms with van der Waals surface area (Å²) < 4.78 is 11.5. The standard InChI is InChI=1S/C27H31BrN6O4/c1-3-38-26(36)17-34-12-10-33(11-13-34)9-5-8-25(35)32-23-15-21-22(16-24(23)37-2)29-18-30-27(21)31-20-7-4-6-19(28)14-20/h4-8,14-16,18H,3,9-13,17H2,1-2H3,(H,32,35)(H,29,30,31)/b8-5+. The maximum atomic E-state index is 12.7. The molecule has 10 nitrogen and oxygen atoms in total. The number of hydrogen-bond acceptors (Lipinski definition) is 9. The number of rotatable bonds is 10. The topological polar surface area (TPSA) is 109 Å². The lowest BCUT2D eigenvalue weighted by molar-refractivity contribution is -0.144. The molecule has 11 heteroatoms. The second kappa shape index (κ2) is 13.3. The zero-order valence-corrected chi connectivity index (χ0v) is 23.0. The number of halogens is 1. The van der Waals surface area contributed by atoms with E-state index in [9.17, 15) is 9.59 Å². The fourth-order valence-corrected chi connectivity index (χ4v) is 4.55. The monoisotopic (exact) mass is 582 g/mol. The van der Waals surface area contributed by atoms with Crippen LogP contribution in [0.2, 0.25) is 0 Å². The lowest BCUT2D eigenvalue weighted by Crippen LogP contribution is -2.48. The van der Waals surface area contributed by atoms with Crippen molar-refractivity contribution in [2.24, 2.45) is 0 Å². The molecule has 3 aromatic rings. The first-order chi connectivity index (χ1) is 18.4. The first-order valence-electron chi connectivity index (χ1n) is 12.4. The van der Waals surface area contributed by atoms with Crippen molar-refractivity contribution in [3.8, 4) is 5.75 Å². The molecular formula is C27H31BrN6O4. The van der Waals surface area contributed by atoms with Crippen molar-refractivity contribution in [3.05, 3.63) is 59.4 Å². The Balaban J connectivity index is 1.38. The van der Waals surface area contributed by atoms with Crippen molar-refractivity contribution in [2.45, 2.75) is 6.92 Å². The number of fused-ring (bicyclic) bond motifs is 1. The fourth-order valence-electron chi connectivity index (χ4n) is 4.16. The van der Waals surface area contributed by atoms with Gasteiger partial charge in [-0.3, -0.25) is 19.4 Å². The Hall–Kier alpha value is -3.54. The van der Waals surface area contributed by atoms with E-state index in [1.165, 1.54) is 12.4 Å². The molecule has 2 heterocycles. The number of aromatic nitrogens is 2. The summed E-state index contributed by atoms with van der Waals surface area (Å²) in [4.78, 5) is 37.5. The van der Waals surface area contributed by atoms with E-state index in [-0.39, 0.29) is 11.9 Å². The van der Waals surface area contributed by atoms with Crippen LogP contribution in [0, 0.1) is 0 Å². The molecule has 0 saturated carbocycles. The van der Waals surface area contributed by atoms with Gasteiger partial charge in [-0.25, -0.2) is 9.97 Å². The summed E-state index contributed by atoms with van der Waals surface area (Å²) in [7, 11) is 1.55. The lowest BCUT2D eigenvalue weighted by Gasteiger charge is -2.33. The van der Waals surface area contributed by atoms with Crippen LogP contribution in [0.15, 0.2) is 59.4 Å². The van der Waals surface area contributed by atoms with Gasteiger partial charge >= 0.3 is 5.97 Å². The van der Waals surface area contributed by atoms with E-state index < -0.39 is 0 Å². The van der Waals surface area contributed by atoms with Crippen LogP contribution in [-0.2, 0) is 14.3 Å². The average Bonchev–Trinajstić information content (AvgIpc) is 2.90. The molecule has 2 N–H and O–H groups in total. The molecule has 4 rings (SSSR count). The minimum Gasteiger partial charge on any atom is -0.494 e. The van der Waals surface area contributed by atoms with Crippen LogP contribution in [-0.4, -0.2) is 84.6 Å². The third kappa shape index (κ3) is 7.50. The van der Waals surface area contributed by atoms with Crippen LogP contribution < -0.4 is 15.4 Å². The maximum Gasteiger partial charge on any atom is 0.320 e. The van der Waals surface area contributed by atoms with Crippen LogP contribution in [0.5, 0.6) is 5.75 Å². The average molecular weight is 583 g/mol. The van der Waals surface area contributed by atoms with Crippen molar-refractivity contribution in [2.75, 3.05) is 63.6 Å². The van der Waals surface area contributed by atoms with Gasteiger partial charge in [0.2, 0.25) is 5.91 Å². The van der Waals surface area contributed by atoms with Crippen molar-refractivity contribution in [1.82, 2.24) is 19.8 Å². The first-order valence-corrected chi connectivity index (χ1v) is 13.2. The summed E-state index contributed by atoms with van der Waals surface area (Å²) in [5.74, 6) is 0.666. The number of ether oxygens (including phenoxy) is 2. The van der Waals surface area contributed by atoms with Gasteiger partial charge in [-0.1, -0.05) is 28.1 Å². The summed E-state index contributed by atoms with van der Waals surface area (Å²) in [5, 5.41) is 6.97. The number of carbonyl (C=O) groups is 2. The maximum absolute atomic E-state index is 12.7. The van der Waals surface area contributed by atoms with Crippen LogP contribution >= 0.6 is 15.9 Å². The van der Waals surface area contributed by atoms with Gasteiger partial charge in [-0.05, 0) is 31.2 Å². The van der Waals surface area contributed by atoms with E-state index in [0.29, 0.717) is 42.5 Å². The number of nitrogens with one attached hydrogen (secondary N) is 2. The summed E-state index contributed by atoms with van der Waals surface area (Å²) in [5.41, 5.74) is 2.07. The zero-order valence-electron chi connectivity index (χ0n) is 21.4. The van der Waals surface area contributed by atoms with Gasteiger partial charge in [-0.2, -0.15) is 0 Å². The second-order valence-corrected chi connectivity index (χ2v) is 9.62. The van der Waals surface area contributed by atoms with Crippen LogP contribution in [0.3, 0.4) is 0 Å². The van der Waals surface area contributed by atoms with E-state index >= 15 is 0 Å². The Labute approximate surface area is 230 Å². The number of hydrogen-bond donors (Lipinski definition) is 2. The fraction of sp³-hybridized carbons (Fsp3) is 0.333. The number of carbonyl (C=O) groups excluding carboxylic acids is 2. The molecule has 200 valence electrons. The minimum atomic E-state index is -0.262. The molecule has 0 bridgehead atoms. The number of piperazine rings is 1. The number of nitrogens with zero attached hydrogens (tertiary/aromatic N) is 4. The van der Waals surface area contributed by atoms with Gasteiger partial charge in [-0.15, -0.1) is 0 Å². The Morgan fingerprint density at radius 2 is 1.89 bits per heavy atom. The normalized spacial score (nSPS) is 14.5. The Morgan fingerprint density at radius 1 is 1.11 bits per heavy atom. The predicted octanol–water partition coefficient (Wildman–Crippen LogP) is 3.82. The SMILES string of the molecule is CCOC(=O)CN1CCN(C/C=C/C(=O)Nc2cc3c(Nc4cccc(Br)c4)ncnc3cc2OC)CC1. The molecule has 1 aromatic heterocycles. The Kier molecular flexibility index (Phi) is 9.63. The summed E-state index contributed by atoms with van der Waals surface area (Å²) in [6.07, 6.45) is 4.85. The molecule has 1 aliphatic heterocycles. The number of methoxy groups -OCH3 is 1. The molecule has 0 radical (unpaired) electrons. The molecular weight excluding hydrogens is 552 g/mol. The number of esters is 1. The van der Waals surface area contributed by atoms with E-state index in [4.69, 9.17) is 9.47 Å².